The molecule has 0 amide bonds. The van der Waals surface area contributed by atoms with Gasteiger partial charge in [-0.2, -0.15) is 0 Å². The van der Waals surface area contributed by atoms with Gasteiger partial charge >= 0.3 is 5.97 Å². The molecule has 1 aliphatic heterocycles. The minimum Gasteiger partial charge on any atom is -0.480 e. The first-order chi connectivity index (χ1) is 9.09. The highest BCUT2D eigenvalue weighted by Gasteiger charge is 2.28. The first kappa shape index (κ1) is 13.3. The molecule has 1 atom stereocenters. The number of hydrogen-bond acceptors (Lipinski definition) is 5. The van der Waals surface area contributed by atoms with Crippen LogP contribution in [-0.4, -0.2) is 33.6 Å². The van der Waals surface area contributed by atoms with E-state index in [1.54, 1.807) is 4.90 Å². The number of aliphatic carboxylic acids is 1. The topological polar surface area (TPSA) is 96.6 Å². The van der Waals surface area contributed by atoms with Crippen LogP contribution >= 0.6 is 0 Å². The first-order valence-electron chi connectivity index (χ1n) is 6.19. The molecule has 0 aromatic carbocycles. The van der Waals surface area contributed by atoms with Gasteiger partial charge in [0.25, 0.3) is 5.69 Å². The summed E-state index contributed by atoms with van der Waals surface area (Å²) in [4.78, 5) is 27.3. The molecule has 1 aromatic heterocycles. The predicted octanol–water partition coefficient (Wildman–Crippen LogP) is 1.82. The molecule has 0 spiro atoms. The van der Waals surface area contributed by atoms with Crippen LogP contribution in [0.2, 0.25) is 0 Å². The van der Waals surface area contributed by atoms with Crippen molar-refractivity contribution in [3.8, 4) is 0 Å². The Morgan fingerprint density at radius 1 is 1.47 bits per heavy atom. The number of nitrogens with zero attached hydrogens (tertiary/aromatic N) is 3. The lowest BCUT2D eigenvalue weighted by Crippen LogP contribution is -2.41. The van der Waals surface area contributed by atoms with Gasteiger partial charge in [-0.25, -0.2) is 9.78 Å². The van der Waals surface area contributed by atoms with E-state index >= 15 is 0 Å². The number of aromatic nitrogens is 1. The Hall–Kier alpha value is -2.18. The minimum atomic E-state index is -0.907. The van der Waals surface area contributed by atoms with E-state index in [0.717, 1.165) is 19.3 Å². The van der Waals surface area contributed by atoms with Gasteiger partial charge in [0.05, 0.1) is 11.0 Å². The van der Waals surface area contributed by atoms with E-state index in [1.807, 2.05) is 0 Å². The van der Waals surface area contributed by atoms with Crippen LogP contribution < -0.4 is 4.90 Å². The molecule has 1 N–H and O–H groups in total. The van der Waals surface area contributed by atoms with Crippen LogP contribution in [0.5, 0.6) is 0 Å². The molecule has 0 saturated carbocycles. The number of rotatable bonds is 3. The maximum absolute atomic E-state index is 11.3. The second-order valence-corrected chi connectivity index (χ2v) is 4.53. The lowest BCUT2D eigenvalue weighted by molar-refractivity contribution is -0.384. The second kappa shape index (κ2) is 5.64. The highest BCUT2D eigenvalue weighted by atomic mass is 16.6. The summed E-state index contributed by atoms with van der Waals surface area (Å²) in [6, 6.07) is 1.98. The molecule has 2 rings (SSSR count). The van der Waals surface area contributed by atoms with Gasteiger partial charge in [0.2, 0.25) is 0 Å². The molecule has 7 nitrogen and oxygen atoms in total. The second-order valence-electron chi connectivity index (χ2n) is 4.53. The summed E-state index contributed by atoms with van der Waals surface area (Å²) in [5.41, 5.74) is -0.0709. The van der Waals surface area contributed by atoms with Gasteiger partial charge in [-0.05, 0) is 12.8 Å². The van der Waals surface area contributed by atoms with Gasteiger partial charge in [-0.1, -0.05) is 12.8 Å². The van der Waals surface area contributed by atoms with Gasteiger partial charge in [0.1, 0.15) is 11.9 Å². The summed E-state index contributed by atoms with van der Waals surface area (Å²) in [6.07, 6.45) is 4.57. The molecule has 7 heteroatoms. The third-order valence-corrected chi connectivity index (χ3v) is 3.27. The zero-order chi connectivity index (χ0) is 13.8. The van der Waals surface area contributed by atoms with E-state index in [2.05, 4.69) is 4.98 Å². The van der Waals surface area contributed by atoms with Gasteiger partial charge in [-0.3, -0.25) is 10.1 Å². The Kier molecular flexibility index (Phi) is 3.94. The maximum atomic E-state index is 11.3. The maximum Gasteiger partial charge on any atom is 0.326 e. The lowest BCUT2D eigenvalue weighted by Gasteiger charge is -2.27. The molecule has 1 unspecified atom stereocenters. The van der Waals surface area contributed by atoms with E-state index in [9.17, 15) is 20.0 Å². The molecule has 1 fully saturated rings. The van der Waals surface area contributed by atoms with Crippen molar-refractivity contribution in [3.63, 3.8) is 0 Å². The average Bonchev–Trinajstić information content (AvgIpc) is 2.64. The number of carboxylic acids is 1. The SMILES string of the molecule is O=C(O)C1CCCCCN1c1cc([N+](=O)[O-])ccn1. The third-order valence-electron chi connectivity index (χ3n) is 3.27. The smallest absolute Gasteiger partial charge is 0.326 e. The number of hydrogen-bond donors (Lipinski definition) is 1. The van der Waals surface area contributed by atoms with Crippen molar-refractivity contribution >= 4 is 17.5 Å². The molecule has 1 aliphatic rings. The van der Waals surface area contributed by atoms with Gasteiger partial charge in [0.15, 0.2) is 0 Å². The van der Waals surface area contributed by atoms with Crippen LogP contribution in [0.3, 0.4) is 0 Å². The van der Waals surface area contributed by atoms with E-state index in [4.69, 9.17) is 0 Å². The molecule has 1 saturated heterocycles. The van der Waals surface area contributed by atoms with Crippen LogP contribution in [0.15, 0.2) is 18.3 Å². The average molecular weight is 265 g/mol. The van der Waals surface area contributed by atoms with E-state index in [1.165, 1.54) is 18.3 Å². The van der Waals surface area contributed by atoms with Gasteiger partial charge < -0.3 is 10.0 Å². The Labute approximate surface area is 110 Å². The molecule has 0 bridgehead atoms. The Morgan fingerprint density at radius 3 is 2.95 bits per heavy atom. The van der Waals surface area contributed by atoms with Crippen molar-refractivity contribution in [1.29, 1.82) is 0 Å². The first-order valence-corrected chi connectivity index (χ1v) is 6.19. The number of carboxylic acid groups (broad SMARTS) is 1. The summed E-state index contributed by atoms with van der Waals surface area (Å²) in [6.45, 7) is 0.561. The molecular formula is C12H15N3O4. The summed E-state index contributed by atoms with van der Waals surface area (Å²) < 4.78 is 0. The highest BCUT2D eigenvalue weighted by Crippen LogP contribution is 2.25. The van der Waals surface area contributed by atoms with Crippen molar-refractivity contribution in [2.75, 3.05) is 11.4 Å². The fourth-order valence-electron chi connectivity index (χ4n) is 2.32. The zero-order valence-corrected chi connectivity index (χ0v) is 10.4. The summed E-state index contributed by atoms with van der Waals surface area (Å²) in [5, 5.41) is 20.0. The van der Waals surface area contributed by atoms with Crippen LogP contribution in [0.4, 0.5) is 11.5 Å². The Bertz CT molecular complexity index is 492. The molecule has 102 valence electrons. The number of pyridine rings is 1. The van der Waals surface area contributed by atoms with Crippen LogP contribution in [-0.2, 0) is 4.79 Å². The largest absolute Gasteiger partial charge is 0.480 e. The summed E-state index contributed by atoms with van der Waals surface area (Å²) >= 11 is 0. The summed E-state index contributed by atoms with van der Waals surface area (Å²) in [5.74, 6) is -0.543. The predicted molar refractivity (Wildman–Crippen MR) is 68.1 cm³/mol. The summed E-state index contributed by atoms with van der Waals surface area (Å²) in [7, 11) is 0. The highest BCUT2D eigenvalue weighted by molar-refractivity contribution is 5.78. The van der Waals surface area contributed by atoms with Crippen molar-refractivity contribution in [2.45, 2.75) is 31.7 Å². The van der Waals surface area contributed by atoms with E-state index < -0.39 is 16.9 Å². The fourth-order valence-corrected chi connectivity index (χ4v) is 2.32. The number of anilines is 1. The lowest BCUT2D eigenvalue weighted by atomic mass is 10.1. The number of nitro groups is 1. The molecule has 19 heavy (non-hydrogen) atoms. The Morgan fingerprint density at radius 2 is 2.26 bits per heavy atom. The molecule has 0 radical (unpaired) electrons. The monoisotopic (exact) mass is 265 g/mol. The van der Waals surface area contributed by atoms with E-state index in [0.29, 0.717) is 18.8 Å². The van der Waals surface area contributed by atoms with Gasteiger partial charge in [-0.15, -0.1) is 0 Å². The molecule has 1 aromatic rings. The molecular weight excluding hydrogens is 250 g/mol. The van der Waals surface area contributed by atoms with Crippen LogP contribution in [0, 0.1) is 10.1 Å². The molecule has 0 aliphatic carbocycles. The quantitative estimate of drug-likeness (QED) is 0.661. The molecule has 2 heterocycles. The van der Waals surface area contributed by atoms with Crippen molar-refractivity contribution in [1.82, 2.24) is 4.98 Å². The number of carbonyl (C=O) groups is 1. The van der Waals surface area contributed by atoms with Crippen molar-refractivity contribution in [3.05, 3.63) is 28.4 Å². The van der Waals surface area contributed by atoms with Crippen LogP contribution in [0.1, 0.15) is 25.7 Å². The van der Waals surface area contributed by atoms with Crippen molar-refractivity contribution in [2.24, 2.45) is 0 Å². The third kappa shape index (κ3) is 2.98. The van der Waals surface area contributed by atoms with Crippen molar-refractivity contribution < 1.29 is 14.8 Å². The standard InChI is InChI=1S/C12H15N3O4/c16-12(17)10-4-2-1-3-7-14(10)11-8-9(15(18)19)5-6-13-11/h5-6,8,10H,1-4,7H2,(H,16,17). The normalized spacial score (nSPS) is 19.8. The fraction of sp³-hybridized carbons (Fsp3) is 0.500. The van der Waals surface area contributed by atoms with Gasteiger partial charge in [0, 0.05) is 18.8 Å². The van der Waals surface area contributed by atoms with Crippen LogP contribution in [0.25, 0.3) is 0 Å². The van der Waals surface area contributed by atoms with E-state index in [-0.39, 0.29) is 5.69 Å². The Balaban J connectivity index is 2.33. The zero-order valence-electron chi connectivity index (χ0n) is 10.4. The minimum absolute atomic E-state index is 0.0709.